The van der Waals surface area contributed by atoms with Gasteiger partial charge in [-0.2, -0.15) is 5.10 Å². The maximum absolute atomic E-state index is 12.4. The van der Waals surface area contributed by atoms with Gasteiger partial charge in [-0.3, -0.25) is 14.4 Å². The van der Waals surface area contributed by atoms with Gasteiger partial charge in [0.15, 0.2) is 0 Å². The van der Waals surface area contributed by atoms with Crippen LogP contribution in [0.2, 0.25) is 0 Å². The fraction of sp³-hybridized carbons (Fsp3) is 0.579. The van der Waals surface area contributed by atoms with Crippen molar-refractivity contribution in [3.8, 4) is 5.75 Å². The summed E-state index contributed by atoms with van der Waals surface area (Å²) in [6.45, 7) is 14.3. The van der Waals surface area contributed by atoms with Crippen LogP contribution in [0, 0.1) is 18.8 Å². The molecule has 0 spiro atoms. The highest BCUT2D eigenvalue weighted by Gasteiger charge is 2.42. The summed E-state index contributed by atoms with van der Waals surface area (Å²) < 4.78 is 8.15. The van der Waals surface area contributed by atoms with E-state index in [4.69, 9.17) is 9.84 Å². The zero-order valence-electron chi connectivity index (χ0n) is 27.7. The van der Waals surface area contributed by atoms with E-state index in [2.05, 4.69) is 96.8 Å². The molecule has 0 amide bonds. The van der Waals surface area contributed by atoms with Gasteiger partial charge < -0.3 is 14.7 Å². The first-order valence-electron chi connectivity index (χ1n) is 17.4. The topological polar surface area (TPSA) is 70.8 Å². The summed E-state index contributed by atoms with van der Waals surface area (Å²) in [7, 11) is 0. The Balaban J connectivity index is 1.10. The molecule has 242 valence electrons. The summed E-state index contributed by atoms with van der Waals surface area (Å²) in [4.78, 5) is 17.3. The average molecular weight is 613 g/mol. The number of carboxylic acid groups (broad SMARTS) is 1. The second-order valence-electron chi connectivity index (χ2n) is 14.0. The number of hydrogen-bond acceptors (Lipinski definition) is 5. The molecule has 1 aromatic heterocycles. The molecule has 45 heavy (non-hydrogen) atoms. The van der Waals surface area contributed by atoms with Crippen molar-refractivity contribution in [2.24, 2.45) is 11.8 Å². The first-order valence-corrected chi connectivity index (χ1v) is 17.4. The molecule has 0 radical (unpaired) electrons. The zero-order valence-corrected chi connectivity index (χ0v) is 27.7. The van der Waals surface area contributed by atoms with E-state index in [0.717, 1.165) is 76.4 Å². The quantitative estimate of drug-likeness (QED) is 0.231. The van der Waals surface area contributed by atoms with Gasteiger partial charge in [-0.05, 0) is 93.8 Å². The van der Waals surface area contributed by atoms with E-state index in [1.165, 1.54) is 35.2 Å². The molecule has 1 N–H and O–H groups in total. The predicted molar refractivity (Wildman–Crippen MR) is 179 cm³/mol. The summed E-state index contributed by atoms with van der Waals surface area (Å²) in [6.07, 6.45) is 6.76. The van der Waals surface area contributed by atoms with Crippen molar-refractivity contribution in [1.29, 1.82) is 0 Å². The van der Waals surface area contributed by atoms with Crippen molar-refractivity contribution in [3.05, 3.63) is 82.7 Å². The minimum absolute atomic E-state index is 0.129. The standard InChI is InChI=1S/C38H52N4O3/c1-5-27(4)37(38(43)44)41-24-31(35(25-41)30-9-7-8-26(3)20-30)23-40-18-16-29(17-19-40)36-22-32(39-42(36)6-2)21-28-10-12-33(13-11-28)45-34-14-15-34/h7-13,20,22,27,29,31,34-35,37H,5-6,14-19,21,23-25H2,1-4H3,(H,43,44)/t27-,31-,35+,37+/m0/s1. The molecule has 1 aliphatic carbocycles. The molecule has 3 aromatic rings. The third-order valence-electron chi connectivity index (χ3n) is 10.6. The highest BCUT2D eigenvalue weighted by molar-refractivity contribution is 5.74. The van der Waals surface area contributed by atoms with Gasteiger partial charge in [-0.1, -0.05) is 62.2 Å². The number of carboxylic acids is 1. The van der Waals surface area contributed by atoms with Crippen LogP contribution in [-0.4, -0.2) is 75.5 Å². The predicted octanol–water partition coefficient (Wildman–Crippen LogP) is 6.74. The molecule has 0 bridgehead atoms. The molecule has 3 aliphatic rings. The maximum Gasteiger partial charge on any atom is 0.321 e. The van der Waals surface area contributed by atoms with E-state index in [1.807, 2.05) is 0 Å². The summed E-state index contributed by atoms with van der Waals surface area (Å²) in [5.41, 5.74) is 6.42. The number of carbonyl (C=O) groups is 1. The largest absolute Gasteiger partial charge is 0.490 e. The van der Waals surface area contributed by atoms with E-state index in [1.54, 1.807) is 0 Å². The van der Waals surface area contributed by atoms with Crippen molar-refractivity contribution in [1.82, 2.24) is 19.6 Å². The number of likely N-dealkylation sites (tertiary alicyclic amines) is 2. The number of aromatic nitrogens is 2. The van der Waals surface area contributed by atoms with E-state index < -0.39 is 12.0 Å². The van der Waals surface area contributed by atoms with Gasteiger partial charge in [-0.25, -0.2) is 0 Å². The number of aliphatic carboxylic acids is 1. The van der Waals surface area contributed by atoms with Gasteiger partial charge in [0, 0.05) is 50.1 Å². The Labute approximate surface area is 269 Å². The molecule has 4 atom stereocenters. The minimum Gasteiger partial charge on any atom is -0.490 e. The summed E-state index contributed by atoms with van der Waals surface area (Å²) >= 11 is 0. The number of benzene rings is 2. The van der Waals surface area contributed by atoms with E-state index >= 15 is 0 Å². The average Bonchev–Trinajstić information content (AvgIpc) is 3.62. The van der Waals surface area contributed by atoms with Crippen LogP contribution in [0.1, 0.15) is 92.8 Å². The Bertz CT molecular complexity index is 1420. The smallest absolute Gasteiger partial charge is 0.321 e. The van der Waals surface area contributed by atoms with E-state index in [0.29, 0.717) is 23.9 Å². The Morgan fingerprint density at radius 3 is 2.42 bits per heavy atom. The number of aryl methyl sites for hydroxylation is 2. The Hall–Kier alpha value is -3.16. The van der Waals surface area contributed by atoms with Crippen LogP contribution in [0.3, 0.4) is 0 Å². The van der Waals surface area contributed by atoms with Crippen LogP contribution in [-0.2, 0) is 17.8 Å². The van der Waals surface area contributed by atoms with Crippen LogP contribution in [0.15, 0.2) is 54.6 Å². The number of nitrogens with zero attached hydrogens (tertiary/aromatic N) is 4. The second-order valence-corrected chi connectivity index (χ2v) is 14.0. The third kappa shape index (κ3) is 7.63. The molecular formula is C38H52N4O3. The van der Waals surface area contributed by atoms with Gasteiger partial charge in [-0.15, -0.1) is 0 Å². The molecule has 7 heteroatoms. The molecule has 2 aliphatic heterocycles. The molecular weight excluding hydrogens is 560 g/mol. The number of piperidine rings is 1. The SMILES string of the molecule is CC[C@H](C)[C@H](C(=O)O)N1C[C@H](CN2CCC(c3cc(Cc4ccc(OC5CC5)cc4)nn3CC)CC2)[C@@H](c2cccc(C)c2)C1. The first kappa shape index (κ1) is 31.8. The molecule has 2 aromatic carbocycles. The van der Waals surface area contributed by atoms with Crippen LogP contribution in [0.25, 0.3) is 0 Å². The maximum atomic E-state index is 12.4. The number of rotatable bonds is 13. The summed E-state index contributed by atoms with van der Waals surface area (Å²) in [5, 5.41) is 15.2. The molecule has 3 heterocycles. The molecule has 7 nitrogen and oxygen atoms in total. The molecule has 0 unspecified atom stereocenters. The Morgan fingerprint density at radius 1 is 1.02 bits per heavy atom. The van der Waals surface area contributed by atoms with Gasteiger partial charge in [0.25, 0.3) is 0 Å². The lowest BCUT2D eigenvalue weighted by Gasteiger charge is -2.35. The summed E-state index contributed by atoms with van der Waals surface area (Å²) in [5.74, 6) is 1.71. The zero-order chi connectivity index (χ0) is 31.5. The Kier molecular flexibility index (Phi) is 9.96. The lowest BCUT2D eigenvalue weighted by atomic mass is 9.86. The van der Waals surface area contributed by atoms with Crippen molar-refractivity contribution < 1.29 is 14.6 Å². The van der Waals surface area contributed by atoms with Gasteiger partial charge in [0.05, 0.1) is 11.8 Å². The number of ether oxygens (including phenoxy) is 1. The fourth-order valence-corrected chi connectivity index (χ4v) is 7.75. The highest BCUT2D eigenvalue weighted by atomic mass is 16.5. The molecule has 6 rings (SSSR count). The van der Waals surface area contributed by atoms with Crippen molar-refractivity contribution in [2.45, 2.75) is 96.7 Å². The lowest BCUT2D eigenvalue weighted by Crippen LogP contribution is -2.45. The molecule has 1 saturated carbocycles. The lowest BCUT2D eigenvalue weighted by molar-refractivity contribution is -0.145. The van der Waals surface area contributed by atoms with Crippen LogP contribution < -0.4 is 4.74 Å². The molecule has 2 saturated heterocycles. The van der Waals surface area contributed by atoms with Crippen LogP contribution >= 0.6 is 0 Å². The van der Waals surface area contributed by atoms with Crippen molar-refractivity contribution in [2.75, 3.05) is 32.7 Å². The second kappa shape index (κ2) is 14.1. The first-order chi connectivity index (χ1) is 21.8. The third-order valence-corrected chi connectivity index (χ3v) is 10.6. The van der Waals surface area contributed by atoms with E-state index in [9.17, 15) is 9.90 Å². The van der Waals surface area contributed by atoms with Crippen molar-refractivity contribution >= 4 is 5.97 Å². The fourth-order valence-electron chi connectivity index (χ4n) is 7.75. The molecule has 3 fully saturated rings. The Morgan fingerprint density at radius 2 is 1.78 bits per heavy atom. The minimum atomic E-state index is -0.680. The van der Waals surface area contributed by atoms with Crippen LogP contribution in [0.4, 0.5) is 0 Å². The van der Waals surface area contributed by atoms with Crippen molar-refractivity contribution in [3.63, 3.8) is 0 Å². The highest BCUT2D eigenvalue weighted by Crippen LogP contribution is 2.38. The normalized spacial score (nSPS) is 22.8. The van der Waals surface area contributed by atoms with Crippen LogP contribution in [0.5, 0.6) is 5.75 Å². The number of hydrogen-bond donors (Lipinski definition) is 1. The van der Waals surface area contributed by atoms with Gasteiger partial charge in [0.1, 0.15) is 11.8 Å². The van der Waals surface area contributed by atoms with E-state index in [-0.39, 0.29) is 5.92 Å². The van der Waals surface area contributed by atoms with Gasteiger partial charge >= 0.3 is 5.97 Å². The monoisotopic (exact) mass is 612 g/mol. The van der Waals surface area contributed by atoms with Gasteiger partial charge in [0.2, 0.25) is 0 Å². The summed E-state index contributed by atoms with van der Waals surface area (Å²) in [6, 6.07) is 19.3.